The Labute approximate surface area is 185 Å². The molecule has 2 aliphatic rings. The standard InChI is InChI=1S/C22H27N3O5S/c1-2-15-3-5-16(6-4-15)17-11-18(20-23-19(14-31-20)30-22(27)28)13-25(12-17)21(26)24-7-9-29-10-8-24/h3-6,14,17-18H,2,7-13H2,1H3,(H,27,28). The molecule has 0 bridgehead atoms. The first kappa shape index (κ1) is 21.6. The second-order valence-corrected chi connectivity index (χ2v) is 8.79. The van der Waals surface area contributed by atoms with E-state index in [0.717, 1.165) is 17.8 Å². The Morgan fingerprint density at radius 1 is 1.16 bits per heavy atom. The van der Waals surface area contributed by atoms with Crippen molar-refractivity contribution >= 4 is 23.5 Å². The second kappa shape index (κ2) is 9.65. The molecular weight excluding hydrogens is 418 g/mol. The quantitative estimate of drug-likeness (QED) is 0.720. The number of amides is 2. The minimum Gasteiger partial charge on any atom is -0.449 e. The maximum atomic E-state index is 13.2. The fourth-order valence-corrected chi connectivity index (χ4v) is 5.08. The number of aromatic nitrogens is 1. The molecule has 1 N–H and O–H groups in total. The van der Waals surface area contributed by atoms with Crippen molar-refractivity contribution in [2.45, 2.75) is 31.6 Å². The van der Waals surface area contributed by atoms with Gasteiger partial charge in [-0.3, -0.25) is 0 Å². The number of carbonyl (C=O) groups excluding carboxylic acids is 1. The number of hydrogen-bond acceptors (Lipinski definition) is 6. The average Bonchev–Trinajstić information content (AvgIpc) is 3.27. The molecule has 31 heavy (non-hydrogen) atoms. The van der Waals surface area contributed by atoms with Gasteiger partial charge in [0.05, 0.1) is 18.6 Å². The lowest BCUT2D eigenvalue weighted by atomic mass is 9.84. The number of carbonyl (C=O) groups is 2. The highest BCUT2D eigenvalue weighted by molar-refractivity contribution is 7.09. The number of ether oxygens (including phenoxy) is 2. The largest absolute Gasteiger partial charge is 0.512 e. The average molecular weight is 446 g/mol. The lowest BCUT2D eigenvalue weighted by Gasteiger charge is -2.40. The zero-order chi connectivity index (χ0) is 21.8. The first-order chi connectivity index (χ1) is 15.0. The van der Waals surface area contributed by atoms with Crippen LogP contribution in [0, 0.1) is 0 Å². The number of urea groups is 1. The van der Waals surface area contributed by atoms with Crippen LogP contribution in [0.4, 0.5) is 9.59 Å². The zero-order valence-electron chi connectivity index (χ0n) is 17.5. The van der Waals surface area contributed by atoms with Gasteiger partial charge >= 0.3 is 12.2 Å². The van der Waals surface area contributed by atoms with E-state index in [2.05, 4.69) is 36.2 Å². The number of aryl methyl sites for hydroxylation is 1. The van der Waals surface area contributed by atoms with Crippen molar-refractivity contribution in [2.75, 3.05) is 39.4 Å². The van der Waals surface area contributed by atoms with E-state index in [4.69, 9.17) is 14.6 Å². The van der Waals surface area contributed by atoms with Gasteiger partial charge in [-0.15, -0.1) is 11.3 Å². The smallest absolute Gasteiger partial charge is 0.449 e. The summed E-state index contributed by atoms with van der Waals surface area (Å²) in [6.45, 7) is 5.67. The first-order valence-electron chi connectivity index (χ1n) is 10.6. The molecule has 2 atom stereocenters. The van der Waals surface area contributed by atoms with Gasteiger partial charge in [0, 0.05) is 38.0 Å². The first-order valence-corrected chi connectivity index (χ1v) is 11.5. The Morgan fingerprint density at radius 2 is 1.87 bits per heavy atom. The number of thiazole rings is 1. The third kappa shape index (κ3) is 5.16. The number of likely N-dealkylation sites (tertiary alicyclic amines) is 1. The third-order valence-electron chi connectivity index (χ3n) is 5.90. The van der Waals surface area contributed by atoms with Crippen molar-refractivity contribution in [3.05, 3.63) is 45.8 Å². The van der Waals surface area contributed by atoms with Crippen molar-refractivity contribution in [2.24, 2.45) is 0 Å². The van der Waals surface area contributed by atoms with Crippen LogP contribution >= 0.6 is 11.3 Å². The Balaban J connectivity index is 1.57. The highest BCUT2D eigenvalue weighted by atomic mass is 32.1. The maximum Gasteiger partial charge on any atom is 0.512 e. The fraction of sp³-hybridized carbons (Fsp3) is 0.500. The molecule has 0 spiro atoms. The van der Waals surface area contributed by atoms with Gasteiger partial charge < -0.3 is 24.4 Å². The summed E-state index contributed by atoms with van der Waals surface area (Å²) in [5.74, 6) is 0.293. The summed E-state index contributed by atoms with van der Waals surface area (Å²) in [4.78, 5) is 32.2. The van der Waals surface area contributed by atoms with Gasteiger partial charge in [-0.05, 0) is 24.0 Å². The molecule has 1 aromatic carbocycles. The predicted octanol–water partition coefficient (Wildman–Crippen LogP) is 3.79. The van der Waals surface area contributed by atoms with E-state index in [1.807, 2.05) is 9.80 Å². The Hall–Kier alpha value is -2.65. The van der Waals surface area contributed by atoms with Crippen molar-refractivity contribution in [1.82, 2.24) is 14.8 Å². The Morgan fingerprint density at radius 3 is 2.55 bits per heavy atom. The lowest BCUT2D eigenvalue weighted by molar-refractivity contribution is 0.0398. The summed E-state index contributed by atoms with van der Waals surface area (Å²) in [6, 6.07) is 8.64. The molecule has 2 unspecified atom stereocenters. The van der Waals surface area contributed by atoms with E-state index >= 15 is 0 Å². The van der Waals surface area contributed by atoms with E-state index in [1.54, 1.807) is 5.38 Å². The molecule has 166 valence electrons. The van der Waals surface area contributed by atoms with Crippen LogP contribution in [0.5, 0.6) is 5.88 Å². The fourth-order valence-electron chi connectivity index (χ4n) is 4.25. The number of morpholine rings is 1. The highest BCUT2D eigenvalue weighted by Gasteiger charge is 2.35. The van der Waals surface area contributed by atoms with Gasteiger partial charge in [-0.1, -0.05) is 31.2 Å². The van der Waals surface area contributed by atoms with Crippen molar-refractivity contribution in [1.29, 1.82) is 0 Å². The summed E-state index contributed by atoms with van der Waals surface area (Å²) in [5.41, 5.74) is 2.49. The number of rotatable bonds is 4. The number of carboxylic acid groups (broad SMARTS) is 1. The molecule has 0 radical (unpaired) electrons. The van der Waals surface area contributed by atoms with Gasteiger partial charge in [0.25, 0.3) is 0 Å². The van der Waals surface area contributed by atoms with Gasteiger partial charge in [0.15, 0.2) is 0 Å². The molecule has 2 aliphatic heterocycles. The van der Waals surface area contributed by atoms with Crippen LogP contribution < -0.4 is 4.74 Å². The van der Waals surface area contributed by atoms with Crippen LogP contribution in [0.25, 0.3) is 0 Å². The lowest BCUT2D eigenvalue weighted by Crippen LogP contribution is -2.52. The van der Waals surface area contributed by atoms with Crippen molar-refractivity contribution in [3.8, 4) is 5.88 Å². The molecule has 2 aromatic rings. The van der Waals surface area contributed by atoms with Gasteiger partial charge in [-0.2, -0.15) is 0 Å². The summed E-state index contributed by atoms with van der Waals surface area (Å²) in [7, 11) is 0. The van der Waals surface area contributed by atoms with E-state index in [1.165, 1.54) is 22.5 Å². The predicted molar refractivity (Wildman–Crippen MR) is 116 cm³/mol. The number of piperidine rings is 1. The summed E-state index contributed by atoms with van der Waals surface area (Å²) < 4.78 is 10.1. The van der Waals surface area contributed by atoms with E-state index < -0.39 is 6.16 Å². The topological polar surface area (TPSA) is 92.2 Å². The van der Waals surface area contributed by atoms with Gasteiger partial charge in [-0.25, -0.2) is 14.6 Å². The molecule has 9 heteroatoms. The molecule has 3 heterocycles. The molecular formula is C22H27N3O5S. The van der Waals surface area contributed by atoms with Crippen LogP contribution in [0.1, 0.15) is 41.3 Å². The zero-order valence-corrected chi connectivity index (χ0v) is 18.3. The summed E-state index contributed by atoms with van der Waals surface area (Å²) in [6.07, 6.45) is 0.456. The molecule has 1 aromatic heterocycles. The van der Waals surface area contributed by atoms with E-state index in [-0.39, 0.29) is 23.7 Å². The molecule has 0 aliphatic carbocycles. The minimum absolute atomic E-state index is 0.0192. The van der Waals surface area contributed by atoms with Crippen LogP contribution in [0.2, 0.25) is 0 Å². The number of hydrogen-bond donors (Lipinski definition) is 1. The molecule has 2 saturated heterocycles. The molecule has 2 fully saturated rings. The minimum atomic E-state index is -1.38. The molecule has 8 nitrogen and oxygen atoms in total. The third-order valence-corrected chi connectivity index (χ3v) is 6.89. The van der Waals surface area contributed by atoms with Crippen LogP contribution in [-0.2, 0) is 11.2 Å². The SMILES string of the molecule is CCc1ccc(C2CC(c3nc(OC(=O)O)cs3)CN(C(=O)N3CCOCC3)C2)cc1. The monoisotopic (exact) mass is 445 g/mol. The summed E-state index contributed by atoms with van der Waals surface area (Å²) >= 11 is 1.38. The van der Waals surface area contributed by atoms with Gasteiger partial charge in [0.1, 0.15) is 5.01 Å². The second-order valence-electron chi connectivity index (χ2n) is 7.90. The van der Waals surface area contributed by atoms with Crippen LogP contribution in [0.15, 0.2) is 29.6 Å². The number of nitrogens with zero attached hydrogens (tertiary/aromatic N) is 3. The molecule has 0 saturated carbocycles. The van der Waals surface area contributed by atoms with E-state index in [0.29, 0.717) is 39.4 Å². The Bertz CT molecular complexity index is 910. The Kier molecular flexibility index (Phi) is 6.72. The summed E-state index contributed by atoms with van der Waals surface area (Å²) in [5, 5.41) is 11.3. The van der Waals surface area contributed by atoms with Crippen molar-refractivity contribution in [3.63, 3.8) is 0 Å². The van der Waals surface area contributed by atoms with E-state index in [9.17, 15) is 9.59 Å². The van der Waals surface area contributed by atoms with Crippen molar-refractivity contribution < 1.29 is 24.2 Å². The molecule has 2 amide bonds. The highest BCUT2D eigenvalue weighted by Crippen LogP contribution is 2.38. The van der Waals surface area contributed by atoms with Gasteiger partial charge in [0.2, 0.25) is 5.88 Å². The van der Waals surface area contributed by atoms with Crippen LogP contribution in [-0.4, -0.2) is 71.5 Å². The normalized spacial score (nSPS) is 21.7. The molecule has 4 rings (SSSR count). The maximum absolute atomic E-state index is 13.2. The van der Waals surface area contributed by atoms with Crippen LogP contribution in [0.3, 0.4) is 0 Å². The number of benzene rings is 1.